The van der Waals surface area contributed by atoms with Crippen LogP contribution in [-0.4, -0.2) is 7.05 Å². The second kappa shape index (κ2) is 6.71. The first-order valence-corrected chi connectivity index (χ1v) is 7.59. The summed E-state index contributed by atoms with van der Waals surface area (Å²) in [5.41, 5.74) is 6.88. The van der Waals surface area contributed by atoms with Crippen molar-refractivity contribution < 1.29 is 0 Å². The van der Waals surface area contributed by atoms with Crippen LogP contribution in [0.25, 0.3) is 11.1 Å². The molecule has 0 aliphatic heterocycles. The predicted octanol–water partition coefficient (Wildman–Crippen LogP) is 4.76. The summed E-state index contributed by atoms with van der Waals surface area (Å²) in [6.07, 6.45) is 2.17. The fraction of sp³-hybridized carbons (Fsp3) is 0.368. The highest BCUT2D eigenvalue weighted by molar-refractivity contribution is 5.68. The molecule has 0 aliphatic carbocycles. The molecule has 2 aromatic rings. The van der Waals surface area contributed by atoms with Gasteiger partial charge in [0.2, 0.25) is 0 Å². The van der Waals surface area contributed by atoms with Gasteiger partial charge in [-0.2, -0.15) is 0 Å². The SMILES string of the molecule is CCc1ccc(CC)c(-c2ccc(C(C)NC)cc2)c1. The van der Waals surface area contributed by atoms with E-state index in [4.69, 9.17) is 0 Å². The van der Waals surface area contributed by atoms with Crippen LogP contribution in [0.3, 0.4) is 0 Å². The van der Waals surface area contributed by atoms with Crippen molar-refractivity contribution in [3.8, 4) is 11.1 Å². The highest BCUT2D eigenvalue weighted by atomic mass is 14.8. The number of hydrogen-bond acceptors (Lipinski definition) is 1. The van der Waals surface area contributed by atoms with Gasteiger partial charge in [0.05, 0.1) is 0 Å². The maximum absolute atomic E-state index is 3.28. The van der Waals surface area contributed by atoms with Gasteiger partial charge >= 0.3 is 0 Å². The molecule has 0 amide bonds. The van der Waals surface area contributed by atoms with Crippen LogP contribution in [0.15, 0.2) is 42.5 Å². The molecule has 1 nitrogen and oxygen atoms in total. The number of nitrogens with one attached hydrogen (secondary N) is 1. The van der Waals surface area contributed by atoms with Crippen molar-refractivity contribution in [1.82, 2.24) is 5.32 Å². The summed E-state index contributed by atoms with van der Waals surface area (Å²) >= 11 is 0. The first kappa shape index (κ1) is 14.8. The van der Waals surface area contributed by atoms with E-state index < -0.39 is 0 Å². The molecule has 1 N–H and O–H groups in total. The maximum Gasteiger partial charge on any atom is 0.0289 e. The third-order valence-corrected chi connectivity index (χ3v) is 4.12. The van der Waals surface area contributed by atoms with Gasteiger partial charge in [0.15, 0.2) is 0 Å². The molecule has 2 rings (SSSR count). The topological polar surface area (TPSA) is 12.0 Å². The van der Waals surface area contributed by atoms with Crippen molar-refractivity contribution in [2.45, 2.75) is 39.7 Å². The molecule has 0 fully saturated rings. The van der Waals surface area contributed by atoms with Crippen molar-refractivity contribution in [3.63, 3.8) is 0 Å². The van der Waals surface area contributed by atoms with E-state index in [9.17, 15) is 0 Å². The van der Waals surface area contributed by atoms with Crippen LogP contribution in [0, 0.1) is 0 Å². The Bertz CT molecular complexity index is 554. The number of hydrogen-bond donors (Lipinski definition) is 1. The van der Waals surface area contributed by atoms with Gasteiger partial charge in [0.1, 0.15) is 0 Å². The Hall–Kier alpha value is -1.60. The molecule has 0 radical (unpaired) electrons. The van der Waals surface area contributed by atoms with Crippen LogP contribution in [0.4, 0.5) is 0 Å². The fourth-order valence-corrected chi connectivity index (χ4v) is 2.54. The van der Waals surface area contributed by atoms with E-state index in [-0.39, 0.29) is 0 Å². The molecule has 0 aliphatic rings. The van der Waals surface area contributed by atoms with E-state index in [0.29, 0.717) is 6.04 Å². The number of aryl methyl sites for hydroxylation is 2. The third kappa shape index (κ3) is 3.10. The Morgan fingerprint density at radius 1 is 0.950 bits per heavy atom. The van der Waals surface area contributed by atoms with Gasteiger partial charge in [-0.1, -0.05) is 56.3 Å². The fourth-order valence-electron chi connectivity index (χ4n) is 2.54. The Morgan fingerprint density at radius 3 is 2.20 bits per heavy atom. The zero-order chi connectivity index (χ0) is 14.5. The molecule has 0 heterocycles. The maximum atomic E-state index is 3.28. The zero-order valence-electron chi connectivity index (χ0n) is 13.0. The lowest BCUT2D eigenvalue weighted by molar-refractivity contribution is 0.652. The Labute approximate surface area is 123 Å². The smallest absolute Gasteiger partial charge is 0.0289 e. The van der Waals surface area contributed by atoms with Crippen LogP contribution in [0.2, 0.25) is 0 Å². The molecule has 20 heavy (non-hydrogen) atoms. The molecule has 2 aromatic carbocycles. The molecule has 1 unspecified atom stereocenters. The quantitative estimate of drug-likeness (QED) is 0.823. The summed E-state index contributed by atoms with van der Waals surface area (Å²) in [5.74, 6) is 0. The lowest BCUT2D eigenvalue weighted by atomic mass is 9.94. The third-order valence-electron chi connectivity index (χ3n) is 4.12. The molecular formula is C19H25N. The Kier molecular flexibility index (Phi) is 4.97. The molecule has 0 spiro atoms. The van der Waals surface area contributed by atoms with E-state index >= 15 is 0 Å². The zero-order valence-corrected chi connectivity index (χ0v) is 13.0. The standard InChI is InChI=1S/C19H25N/c1-5-15-7-8-16(6-2)19(13-15)18-11-9-17(10-12-18)14(3)20-4/h7-14,20H,5-6H2,1-4H3. The second-order valence-corrected chi connectivity index (χ2v) is 5.33. The molecule has 0 bridgehead atoms. The van der Waals surface area contributed by atoms with E-state index in [1.54, 1.807) is 0 Å². The summed E-state index contributed by atoms with van der Waals surface area (Å²) in [6.45, 7) is 6.62. The van der Waals surface area contributed by atoms with Crippen LogP contribution >= 0.6 is 0 Å². The molecule has 0 aromatic heterocycles. The van der Waals surface area contributed by atoms with Gasteiger partial charge in [0.25, 0.3) is 0 Å². The van der Waals surface area contributed by atoms with E-state index in [1.165, 1.54) is 27.8 Å². The lowest BCUT2D eigenvalue weighted by Gasteiger charge is -2.13. The Morgan fingerprint density at radius 2 is 1.65 bits per heavy atom. The van der Waals surface area contributed by atoms with Gasteiger partial charge in [0, 0.05) is 6.04 Å². The van der Waals surface area contributed by atoms with E-state index in [0.717, 1.165) is 12.8 Å². The first-order valence-electron chi connectivity index (χ1n) is 7.59. The normalized spacial score (nSPS) is 12.4. The second-order valence-electron chi connectivity index (χ2n) is 5.33. The highest BCUT2D eigenvalue weighted by Gasteiger charge is 2.07. The van der Waals surface area contributed by atoms with Crippen LogP contribution in [0.5, 0.6) is 0 Å². The van der Waals surface area contributed by atoms with Crippen molar-refractivity contribution >= 4 is 0 Å². The number of benzene rings is 2. The van der Waals surface area contributed by atoms with Crippen LogP contribution in [0.1, 0.15) is 43.5 Å². The van der Waals surface area contributed by atoms with Crippen LogP contribution in [-0.2, 0) is 12.8 Å². The molecule has 106 valence electrons. The monoisotopic (exact) mass is 267 g/mol. The van der Waals surface area contributed by atoms with Gasteiger partial charge in [-0.3, -0.25) is 0 Å². The minimum Gasteiger partial charge on any atom is -0.313 e. The van der Waals surface area contributed by atoms with Crippen molar-refractivity contribution in [2.75, 3.05) is 7.05 Å². The minimum atomic E-state index is 0.400. The largest absolute Gasteiger partial charge is 0.313 e. The first-order chi connectivity index (χ1) is 9.69. The average molecular weight is 267 g/mol. The summed E-state index contributed by atoms with van der Waals surface area (Å²) < 4.78 is 0. The van der Waals surface area contributed by atoms with Gasteiger partial charge in [-0.05, 0) is 54.6 Å². The average Bonchev–Trinajstić information content (AvgIpc) is 2.53. The predicted molar refractivity (Wildman–Crippen MR) is 88.1 cm³/mol. The summed E-state index contributed by atoms with van der Waals surface area (Å²) in [7, 11) is 2.00. The van der Waals surface area contributed by atoms with Gasteiger partial charge in [-0.15, -0.1) is 0 Å². The summed E-state index contributed by atoms with van der Waals surface area (Å²) in [6, 6.07) is 16.2. The molecular weight excluding hydrogens is 242 g/mol. The Balaban J connectivity index is 2.40. The van der Waals surface area contributed by atoms with Crippen molar-refractivity contribution in [3.05, 3.63) is 59.2 Å². The van der Waals surface area contributed by atoms with Gasteiger partial charge < -0.3 is 5.32 Å². The minimum absolute atomic E-state index is 0.400. The van der Waals surface area contributed by atoms with E-state index in [2.05, 4.69) is 68.6 Å². The lowest BCUT2D eigenvalue weighted by Crippen LogP contribution is -2.11. The van der Waals surface area contributed by atoms with Crippen LogP contribution < -0.4 is 5.32 Å². The molecule has 1 atom stereocenters. The van der Waals surface area contributed by atoms with E-state index in [1.807, 2.05) is 7.05 Å². The highest BCUT2D eigenvalue weighted by Crippen LogP contribution is 2.27. The van der Waals surface area contributed by atoms with Crippen molar-refractivity contribution in [1.29, 1.82) is 0 Å². The number of rotatable bonds is 5. The molecule has 0 saturated carbocycles. The molecule has 1 heteroatoms. The van der Waals surface area contributed by atoms with Crippen molar-refractivity contribution in [2.24, 2.45) is 0 Å². The summed E-state index contributed by atoms with van der Waals surface area (Å²) in [4.78, 5) is 0. The molecule has 0 saturated heterocycles. The summed E-state index contributed by atoms with van der Waals surface area (Å²) in [5, 5.41) is 3.28. The van der Waals surface area contributed by atoms with Gasteiger partial charge in [-0.25, -0.2) is 0 Å².